The van der Waals surface area contributed by atoms with E-state index in [9.17, 15) is 4.79 Å². The van der Waals surface area contributed by atoms with Gasteiger partial charge in [-0.15, -0.1) is 0 Å². The Morgan fingerprint density at radius 1 is 1.14 bits per heavy atom. The molecular formula is C22H24N4O2. The molecule has 1 aliphatic rings. The molecule has 6 heteroatoms. The average Bonchev–Trinajstić information content (AvgIpc) is 3.14. The van der Waals surface area contributed by atoms with Crippen LogP contribution in [0.1, 0.15) is 16.1 Å². The first kappa shape index (κ1) is 18.4. The molecule has 4 rings (SSSR count). The van der Waals surface area contributed by atoms with Crippen LogP contribution >= 0.6 is 0 Å². The van der Waals surface area contributed by atoms with Crippen LogP contribution in [-0.2, 0) is 11.2 Å². The third kappa shape index (κ3) is 3.82. The summed E-state index contributed by atoms with van der Waals surface area (Å²) in [6.07, 6.45) is 2.77. The van der Waals surface area contributed by atoms with E-state index < -0.39 is 0 Å². The molecule has 1 fully saturated rings. The number of aromatic nitrogens is 2. The van der Waals surface area contributed by atoms with Crippen LogP contribution < -0.4 is 5.32 Å². The van der Waals surface area contributed by atoms with Gasteiger partial charge in [-0.3, -0.25) is 9.78 Å². The first-order valence-electron chi connectivity index (χ1n) is 9.47. The topological polar surface area (TPSA) is 67.4 Å². The molecule has 2 aromatic heterocycles. The maximum atomic E-state index is 12.2. The Bertz CT molecular complexity index is 984. The lowest BCUT2D eigenvalue weighted by molar-refractivity contribution is 0.0822. The van der Waals surface area contributed by atoms with Crippen molar-refractivity contribution >= 4 is 22.6 Å². The maximum absolute atomic E-state index is 12.2. The molecule has 0 bridgehead atoms. The van der Waals surface area contributed by atoms with Crippen molar-refractivity contribution in [3.05, 3.63) is 66.0 Å². The number of carbonyl (C=O) groups excluding carboxylic acids is 1. The van der Waals surface area contributed by atoms with Crippen molar-refractivity contribution in [2.45, 2.75) is 12.5 Å². The smallest absolute Gasteiger partial charge is 0.272 e. The Balaban J connectivity index is 1.51. The highest BCUT2D eigenvalue weighted by Gasteiger charge is 2.29. The molecule has 0 aliphatic carbocycles. The molecule has 3 aromatic rings. The lowest BCUT2D eigenvalue weighted by atomic mass is 9.93. The van der Waals surface area contributed by atoms with Crippen LogP contribution in [0.5, 0.6) is 0 Å². The fraction of sp³-hybridized carbons (Fsp3) is 0.318. The Morgan fingerprint density at radius 3 is 2.86 bits per heavy atom. The van der Waals surface area contributed by atoms with E-state index in [1.165, 1.54) is 15.8 Å². The predicted molar refractivity (Wildman–Crippen MR) is 109 cm³/mol. The van der Waals surface area contributed by atoms with E-state index in [2.05, 4.69) is 27.4 Å². The lowest BCUT2D eigenvalue weighted by Gasteiger charge is -2.21. The molecule has 1 aliphatic heterocycles. The number of carbonyl (C=O) groups is 1. The van der Waals surface area contributed by atoms with Gasteiger partial charge in [0.1, 0.15) is 11.5 Å². The molecule has 28 heavy (non-hydrogen) atoms. The first-order valence-corrected chi connectivity index (χ1v) is 9.47. The van der Waals surface area contributed by atoms with E-state index in [-0.39, 0.29) is 11.9 Å². The van der Waals surface area contributed by atoms with Crippen LogP contribution in [0.25, 0.3) is 10.9 Å². The highest BCUT2D eigenvalue weighted by atomic mass is 16.5. The lowest BCUT2D eigenvalue weighted by Crippen LogP contribution is -2.30. The second kappa shape index (κ2) is 7.94. The van der Waals surface area contributed by atoms with Gasteiger partial charge in [0.15, 0.2) is 0 Å². The Morgan fingerprint density at radius 2 is 2.00 bits per heavy atom. The summed E-state index contributed by atoms with van der Waals surface area (Å²) in [5.41, 5.74) is 2.72. The van der Waals surface area contributed by atoms with Gasteiger partial charge in [0.25, 0.3) is 5.91 Å². The van der Waals surface area contributed by atoms with Gasteiger partial charge in [0.05, 0.1) is 24.8 Å². The van der Waals surface area contributed by atoms with Crippen molar-refractivity contribution in [2.24, 2.45) is 5.92 Å². The molecule has 1 N–H and O–H groups in total. The Labute approximate surface area is 164 Å². The van der Waals surface area contributed by atoms with Gasteiger partial charge in [-0.05, 0) is 36.2 Å². The summed E-state index contributed by atoms with van der Waals surface area (Å²) >= 11 is 0. The summed E-state index contributed by atoms with van der Waals surface area (Å²) < 4.78 is 5.76. The summed E-state index contributed by atoms with van der Waals surface area (Å²) in [5.74, 6) is 0.916. The molecule has 0 radical (unpaired) electrons. The minimum absolute atomic E-state index is 0.105. The van der Waals surface area contributed by atoms with Gasteiger partial charge in [-0.25, -0.2) is 4.98 Å². The summed E-state index contributed by atoms with van der Waals surface area (Å²) in [6, 6.07) is 15.9. The standard InChI is InChI=1S/C22H24N4O2/c1-26(2)22(27)19-8-5-9-21(24-19)25-20-14-28-13-16(20)12-15-10-11-23-18-7-4-3-6-17(15)18/h3-11,16,20H,12-14H2,1-2H3,(H,24,25)/t16-,20-/m1/s1. The van der Waals surface area contributed by atoms with E-state index in [1.54, 1.807) is 20.2 Å². The fourth-order valence-electron chi connectivity index (χ4n) is 3.63. The largest absolute Gasteiger partial charge is 0.379 e. The molecule has 1 amide bonds. The van der Waals surface area contributed by atoms with Crippen molar-refractivity contribution in [1.29, 1.82) is 0 Å². The summed E-state index contributed by atoms with van der Waals surface area (Å²) in [7, 11) is 3.45. The predicted octanol–water partition coefficient (Wildman–Crippen LogP) is 3.00. The number of hydrogen-bond donors (Lipinski definition) is 1. The molecule has 0 spiro atoms. The van der Waals surface area contributed by atoms with E-state index in [0.717, 1.165) is 11.9 Å². The number of hydrogen-bond acceptors (Lipinski definition) is 5. The molecule has 0 unspecified atom stereocenters. The second-order valence-corrected chi connectivity index (χ2v) is 7.35. The number of benzene rings is 1. The van der Waals surface area contributed by atoms with Crippen molar-refractivity contribution in [3.63, 3.8) is 0 Å². The van der Waals surface area contributed by atoms with Crippen LogP contribution in [0.3, 0.4) is 0 Å². The molecule has 144 valence electrons. The Hall–Kier alpha value is -2.99. The fourth-order valence-corrected chi connectivity index (χ4v) is 3.63. The van der Waals surface area contributed by atoms with E-state index in [0.29, 0.717) is 30.6 Å². The quantitative estimate of drug-likeness (QED) is 0.741. The first-order chi connectivity index (χ1) is 13.6. The minimum Gasteiger partial charge on any atom is -0.379 e. The Kier molecular flexibility index (Phi) is 5.21. The number of para-hydroxylation sites is 1. The van der Waals surface area contributed by atoms with Crippen molar-refractivity contribution < 1.29 is 9.53 Å². The number of amides is 1. The van der Waals surface area contributed by atoms with Crippen LogP contribution in [0.15, 0.2) is 54.7 Å². The van der Waals surface area contributed by atoms with Crippen LogP contribution in [0, 0.1) is 5.92 Å². The molecule has 3 heterocycles. The van der Waals surface area contributed by atoms with Crippen LogP contribution in [0.4, 0.5) is 5.82 Å². The van der Waals surface area contributed by atoms with Gasteiger partial charge in [0, 0.05) is 31.6 Å². The normalized spacial score (nSPS) is 18.9. The van der Waals surface area contributed by atoms with Gasteiger partial charge < -0.3 is 15.0 Å². The van der Waals surface area contributed by atoms with Crippen LogP contribution in [-0.4, -0.2) is 54.1 Å². The van der Waals surface area contributed by atoms with Gasteiger partial charge in [-0.2, -0.15) is 0 Å². The van der Waals surface area contributed by atoms with Crippen molar-refractivity contribution in [1.82, 2.24) is 14.9 Å². The maximum Gasteiger partial charge on any atom is 0.272 e. The summed E-state index contributed by atoms with van der Waals surface area (Å²) in [4.78, 5) is 22.6. The third-order valence-corrected chi connectivity index (χ3v) is 5.13. The van der Waals surface area contributed by atoms with Gasteiger partial charge in [-0.1, -0.05) is 24.3 Å². The number of fused-ring (bicyclic) bond motifs is 1. The SMILES string of the molecule is CN(C)C(=O)c1cccc(N[C@@H]2COC[C@H]2Cc2ccnc3ccccc23)n1. The van der Waals surface area contributed by atoms with Crippen molar-refractivity contribution in [2.75, 3.05) is 32.6 Å². The molecular weight excluding hydrogens is 352 g/mol. The van der Waals surface area contributed by atoms with E-state index in [4.69, 9.17) is 4.74 Å². The average molecular weight is 376 g/mol. The van der Waals surface area contributed by atoms with Crippen molar-refractivity contribution in [3.8, 4) is 0 Å². The monoisotopic (exact) mass is 376 g/mol. The third-order valence-electron chi connectivity index (χ3n) is 5.13. The zero-order valence-corrected chi connectivity index (χ0v) is 16.1. The molecule has 1 aromatic carbocycles. The summed E-state index contributed by atoms with van der Waals surface area (Å²) in [6.45, 7) is 1.33. The zero-order chi connectivity index (χ0) is 19.5. The highest BCUT2D eigenvalue weighted by molar-refractivity contribution is 5.92. The molecule has 0 saturated carbocycles. The van der Waals surface area contributed by atoms with Crippen LogP contribution in [0.2, 0.25) is 0 Å². The minimum atomic E-state index is -0.105. The highest BCUT2D eigenvalue weighted by Crippen LogP contribution is 2.25. The van der Waals surface area contributed by atoms with E-state index >= 15 is 0 Å². The number of nitrogens with one attached hydrogen (secondary N) is 1. The number of anilines is 1. The van der Waals surface area contributed by atoms with Gasteiger partial charge in [0.2, 0.25) is 0 Å². The van der Waals surface area contributed by atoms with Gasteiger partial charge >= 0.3 is 0 Å². The number of pyridine rings is 2. The molecule has 6 nitrogen and oxygen atoms in total. The molecule has 1 saturated heterocycles. The summed E-state index contributed by atoms with van der Waals surface area (Å²) in [5, 5.41) is 4.66. The number of ether oxygens (including phenoxy) is 1. The molecule has 2 atom stereocenters. The number of rotatable bonds is 5. The van der Waals surface area contributed by atoms with E-state index in [1.807, 2.05) is 36.5 Å². The number of nitrogens with zero attached hydrogens (tertiary/aromatic N) is 3. The zero-order valence-electron chi connectivity index (χ0n) is 16.1. The second-order valence-electron chi connectivity index (χ2n) is 7.35.